The maximum atomic E-state index is 11.2. The largest absolute Gasteiger partial charge is 0.496 e. The summed E-state index contributed by atoms with van der Waals surface area (Å²) in [6.07, 6.45) is 3.25. The van der Waals surface area contributed by atoms with Crippen LogP contribution in [0.4, 0.5) is 0 Å². The van der Waals surface area contributed by atoms with E-state index in [1.54, 1.807) is 13.2 Å². The first-order valence-corrected chi connectivity index (χ1v) is 5.66. The van der Waals surface area contributed by atoms with Crippen LogP contribution in [0.2, 0.25) is 0 Å². The molecule has 0 amide bonds. The number of fused-ring (bicyclic) bond motifs is 1. The molecule has 1 aromatic carbocycles. The van der Waals surface area contributed by atoms with Gasteiger partial charge in [0.15, 0.2) is 0 Å². The van der Waals surface area contributed by atoms with Gasteiger partial charge >= 0.3 is 5.97 Å². The second-order valence-electron chi connectivity index (χ2n) is 4.40. The molecular formula is C14H16O3. The molecule has 3 heteroatoms. The molecule has 0 bridgehead atoms. The smallest absolute Gasteiger partial charge is 0.311 e. The number of carbonyl (C=O) groups excluding carboxylic acids is 1. The van der Waals surface area contributed by atoms with E-state index < -0.39 is 0 Å². The molecule has 2 rings (SSSR count). The second kappa shape index (κ2) is 4.62. The van der Waals surface area contributed by atoms with Crippen LogP contribution >= 0.6 is 0 Å². The van der Waals surface area contributed by atoms with E-state index in [0.717, 1.165) is 23.3 Å². The maximum Gasteiger partial charge on any atom is 0.311 e. The zero-order valence-corrected chi connectivity index (χ0v) is 10.4. The third kappa shape index (κ3) is 2.49. The summed E-state index contributed by atoms with van der Waals surface area (Å²) in [5.74, 6) is 1.19. The predicted molar refractivity (Wildman–Crippen MR) is 66.3 cm³/mol. The number of carbonyl (C=O) groups is 1. The number of rotatable bonds is 2. The summed E-state index contributed by atoms with van der Waals surface area (Å²) in [6.45, 7) is 4.08. The van der Waals surface area contributed by atoms with Crippen molar-refractivity contribution in [3.63, 3.8) is 0 Å². The van der Waals surface area contributed by atoms with E-state index in [0.29, 0.717) is 12.2 Å². The third-order valence-electron chi connectivity index (χ3n) is 2.68. The van der Waals surface area contributed by atoms with Crippen LogP contribution in [0.5, 0.6) is 11.5 Å². The summed E-state index contributed by atoms with van der Waals surface area (Å²) in [7, 11) is 1.62. The molecule has 0 atom stereocenters. The lowest BCUT2D eigenvalue weighted by Gasteiger charge is -2.18. The Kier molecular flexibility index (Phi) is 3.18. The van der Waals surface area contributed by atoms with Gasteiger partial charge in [-0.1, -0.05) is 11.6 Å². The van der Waals surface area contributed by atoms with E-state index >= 15 is 0 Å². The molecule has 0 saturated heterocycles. The maximum absolute atomic E-state index is 11.2. The van der Waals surface area contributed by atoms with Crippen LogP contribution in [-0.2, 0) is 11.2 Å². The summed E-state index contributed by atoms with van der Waals surface area (Å²) in [6, 6.07) is 3.83. The SMILES string of the molecule is COc1cc2c(cc1C=C(C)C)CCC(=O)O2. The summed E-state index contributed by atoms with van der Waals surface area (Å²) in [5.41, 5.74) is 3.30. The van der Waals surface area contributed by atoms with Crippen LogP contribution in [0.1, 0.15) is 31.4 Å². The van der Waals surface area contributed by atoms with E-state index in [1.165, 1.54) is 5.57 Å². The molecule has 0 fully saturated rings. The lowest BCUT2D eigenvalue weighted by atomic mass is 10.0. The Bertz CT molecular complexity index is 482. The standard InChI is InChI=1S/C14H16O3/c1-9(2)6-11-7-10-4-5-14(15)17-13(10)8-12(11)16-3/h6-8H,4-5H2,1-3H3. The monoisotopic (exact) mass is 232 g/mol. The molecule has 0 spiro atoms. The van der Waals surface area contributed by atoms with Gasteiger partial charge < -0.3 is 9.47 Å². The van der Waals surface area contributed by atoms with E-state index in [-0.39, 0.29) is 5.97 Å². The van der Waals surface area contributed by atoms with Crippen molar-refractivity contribution < 1.29 is 14.3 Å². The van der Waals surface area contributed by atoms with Gasteiger partial charge in [0.1, 0.15) is 11.5 Å². The van der Waals surface area contributed by atoms with Crippen molar-refractivity contribution >= 4 is 12.0 Å². The number of methoxy groups -OCH3 is 1. The summed E-state index contributed by atoms with van der Waals surface area (Å²) >= 11 is 0. The van der Waals surface area contributed by atoms with E-state index in [9.17, 15) is 4.79 Å². The fourth-order valence-corrected chi connectivity index (χ4v) is 1.93. The zero-order chi connectivity index (χ0) is 12.4. The number of ether oxygens (including phenoxy) is 2. The Morgan fingerprint density at radius 1 is 1.35 bits per heavy atom. The Labute approximate surface area is 101 Å². The van der Waals surface area contributed by atoms with Crippen molar-refractivity contribution in [1.29, 1.82) is 0 Å². The zero-order valence-electron chi connectivity index (χ0n) is 10.4. The molecule has 0 radical (unpaired) electrons. The van der Waals surface area contributed by atoms with Crippen molar-refractivity contribution in [2.75, 3.05) is 7.11 Å². The first-order chi connectivity index (χ1) is 8.10. The normalized spacial score (nSPS) is 13.7. The Morgan fingerprint density at radius 3 is 2.76 bits per heavy atom. The van der Waals surface area contributed by atoms with Crippen LogP contribution < -0.4 is 9.47 Å². The fourth-order valence-electron chi connectivity index (χ4n) is 1.93. The van der Waals surface area contributed by atoms with E-state index in [1.807, 2.05) is 19.9 Å². The number of aryl methyl sites for hydroxylation is 1. The minimum absolute atomic E-state index is 0.172. The quantitative estimate of drug-likeness (QED) is 0.581. The van der Waals surface area contributed by atoms with Gasteiger partial charge in [-0.2, -0.15) is 0 Å². The van der Waals surface area contributed by atoms with Crippen LogP contribution in [0.15, 0.2) is 17.7 Å². The molecule has 1 aliphatic heterocycles. The Balaban J connectivity index is 2.48. The summed E-state index contributed by atoms with van der Waals surface area (Å²) < 4.78 is 10.5. The molecule has 1 aliphatic rings. The highest BCUT2D eigenvalue weighted by Crippen LogP contribution is 2.33. The minimum atomic E-state index is -0.172. The van der Waals surface area contributed by atoms with E-state index in [2.05, 4.69) is 6.08 Å². The first-order valence-electron chi connectivity index (χ1n) is 5.66. The van der Waals surface area contributed by atoms with Crippen molar-refractivity contribution in [3.8, 4) is 11.5 Å². The molecular weight excluding hydrogens is 216 g/mol. The molecule has 0 unspecified atom stereocenters. The number of allylic oxidation sites excluding steroid dienone is 1. The lowest BCUT2D eigenvalue weighted by molar-refractivity contribution is -0.135. The minimum Gasteiger partial charge on any atom is -0.496 e. The molecule has 0 saturated carbocycles. The van der Waals surface area contributed by atoms with Gasteiger partial charge in [-0.05, 0) is 31.9 Å². The summed E-state index contributed by atoms with van der Waals surface area (Å²) in [5, 5.41) is 0. The van der Waals surface area contributed by atoms with Gasteiger partial charge in [0, 0.05) is 11.6 Å². The van der Waals surface area contributed by atoms with Gasteiger partial charge in [0.05, 0.1) is 13.5 Å². The molecule has 1 heterocycles. The van der Waals surface area contributed by atoms with Crippen molar-refractivity contribution in [2.24, 2.45) is 0 Å². The first kappa shape index (κ1) is 11.7. The van der Waals surface area contributed by atoms with Crippen LogP contribution in [-0.4, -0.2) is 13.1 Å². The molecule has 90 valence electrons. The van der Waals surface area contributed by atoms with Crippen LogP contribution in [0, 0.1) is 0 Å². The Morgan fingerprint density at radius 2 is 2.12 bits per heavy atom. The van der Waals surface area contributed by atoms with Crippen molar-refractivity contribution in [3.05, 3.63) is 28.8 Å². The Hall–Kier alpha value is -1.77. The molecule has 0 aromatic heterocycles. The molecule has 17 heavy (non-hydrogen) atoms. The van der Waals surface area contributed by atoms with Gasteiger partial charge in [-0.15, -0.1) is 0 Å². The molecule has 1 aromatic rings. The number of esters is 1. The number of hydrogen-bond donors (Lipinski definition) is 0. The summed E-state index contributed by atoms with van der Waals surface area (Å²) in [4.78, 5) is 11.2. The second-order valence-corrected chi connectivity index (χ2v) is 4.40. The van der Waals surface area contributed by atoms with Crippen LogP contribution in [0.3, 0.4) is 0 Å². The number of benzene rings is 1. The molecule has 0 aliphatic carbocycles. The van der Waals surface area contributed by atoms with Crippen molar-refractivity contribution in [2.45, 2.75) is 26.7 Å². The van der Waals surface area contributed by atoms with Crippen LogP contribution in [0.25, 0.3) is 6.08 Å². The third-order valence-corrected chi connectivity index (χ3v) is 2.68. The van der Waals surface area contributed by atoms with Crippen molar-refractivity contribution in [1.82, 2.24) is 0 Å². The van der Waals surface area contributed by atoms with Gasteiger partial charge in [-0.3, -0.25) is 4.79 Å². The van der Waals surface area contributed by atoms with Gasteiger partial charge in [0.25, 0.3) is 0 Å². The average molecular weight is 232 g/mol. The lowest BCUT2D eigenvalue weighted by Crippen LogP contribution is -2.16. The number of hydrogen-bond acceptors (Lipinski definition) is 3. The van der Waals surface area contributed by atoms with Gasteiger partial charge in [-0.25, -0.2) is 0 Å². The topological polar surface area (TPSA) is 35.5 Å². The predicted octanol–water partition coefficient (Wildman–Crippen LogP) is 2.97. The highest BCUT2D eigenvalue weighted by molar-refractivity contribution is 5.76. The highest BCUT2D eigenvalue weighted by Gasteiger charge is 2.19. The van der Waals surface area contributed by atoms with E-state index in [4.69, 9.17) is 9.47 Å². The molecule has 3 nitrogen and oxygen atoms in total. The molecule has 0 N–H and O–H groups in total. The van der Waals surface area contributed by atoms with Gasteiger partial charge in [0.2, 0.25) is 0 Å². The fraction of sp³-hybridized carbons (Fsp3) is 0.357. The highest BCUT2D eigenvalue weighted by atomic mass is 16.5. The average Bonchev–Trinajstić information content (AvgIpc) is 2.28.